The Hall–Kier alpha value is -0.330. The van der Waals surface area contributed by atoms with Gasteiger partial charge >= 0.3 is 5.97 Å². The summed E-state index contributed by atoms with van der Waals surface area (Å²) in [6.07, 6.45) is 0. The van der Waals surface area contributed by atoms with E-state index in [-0.39, 0.29) is 17.6 Å². The fourth-order valence-corrected chi connectivity index (χ4v) is 2.62. The van der Waals surface area contributed by atoms with Crippen molar-refractivity contribution in [3.63, 3.8) is 0 Å². The molecule has 0 saturated carbocycles. The van der Waals surface area contributed by atoms with Crippen LogP contribution in [-0.2, 0) is 19.6 Å². The van der Waals surface area contributed by atoms with Crippen molar-refractivity contribution in [2.75, 3.05) is 18.7 Å². The van der Waals surface area contributed by atoms with E-state index in [0.29, 0.717) is 0 Å². The number of alkyl halides is 1. The number of sulfonamides is 1. The molecule has 0 fully saturated rings. The highest BCUT2D eigenvalue weighted by Gasteiger charge is 2.27. The van der Waals surface area contributed by atoms with Crippen molar-refractivity contribution in [1.29, 1.82) is 0 Å². The average molecular weight is 258 g/mol. The zero-order valence-corrected chi connectivity index (χ0v) is 10.6. The molecule has 5 nitrogen and oxygen atoms in total. The van der Waals surface area contributed by atoms with E-state index in [4.69, 9.17) is 11.6 Å². The SMILES string of the molecule is COC(=O)[C@@H](NS(=O)(=O)CCCl)C(C)C. The van der Waals surface area contributed by atoms with Gasteiger partial charge in [-0.05, 0) is 5.92 Å². The molecule has 1 atom stereocenters. The summed E-state index contributed by atoms with van der Waals surface area (Å²) < 4.78 is 29.5. The predicted molar refractivity (Wildman–Crippen MR) is 58.3 cm³/mol. The quantitative estimate of drug-likeness (QED) is 0.550. The lowest BCUT2D eigenvalue weighted by atomic mass is 10.1. The third kappa shape index (κ3) is 5.34. The van der Waals surface area contributed by atoms with Crippen LogP contribution in [0.4, 0.5) is 0 Å². The molecule has 0 aliphatic carbocycles. The van der Waals surface area contributed by atoms with E-state index in [1.54, 1.807) is 13.8 Å². The summed E-state index contributed by atoms with van der Waals surface area (Å²) in [5, 5.41) is 0. The molecule has 0 spiro atoms. The van der Waals surface area contributed by atoms with Crippen LogP contribution in [0.3, 0.4) is 0 Å². The topological polar surface area (TPSA) is 72.5 Å². The van der Waals surface area contributed by atoms with Crippen LogP contribution in [0, 0.1) is 5.92 Å². The number of carbonyl (C=O) groups is 1. The van der Waals surface area contributed by atoms with Crippen LogP contribution < -0.4 is 4.72 Å². The van der Waals surface area contributed by atoms with Gasteiger partial charge in [0.05, 0.1) is 12.9 Å². The van der Waals surface area contributed by atoms with E-state index < -0.39 is 22.0 Å². The van der Waals surface area contributed by atoms with Crippen LogP contribution in [0.1, 0.15) is 13.8 Å². The fourth-order valence-electron chi connectivity index (χ4n) is 0.937. The zero-order valence-electron chi connectivity index (χ0n) is 8.99. The normalized spacial score (nSPS) is 13.9. The highest BCUT2D eigenvalue weighted by molar-refractivity contribution is 7.89. The summed E-state index contributed by atoms with van der Waals surface area (Å²) in [5.41, 5.74) is 0. The molecular weight excluding hydrogens is 242 g/mol. The first-order valence-electron chi connectivity index (χ1n) is 4.48. The maximum atomic E-state index is 11.4. The van der Waals surface area contributed by atoms with Crippen LogP contribution in [0.15, 0.2) is 0 Å². The van der Waals surface area contributed by atoms with Crippen molar-refractivity contribution in [3.8, 4) is 0 Å². The van der Waals surface area contributed by atoms with Crippen molar-refractivity contribution in [1.82, 2.24) is 4.72 Å². The van der Waals surface area contributed by atoms with E-state index in [0.717, 1.165) is 0 Å². The lowest BCUT2D eigenvalue weighted by molar-refractivity contribution is -0.143. The Morgan fingerprint density at radius 1 is 1.47 bits per heavy atom. The van der Waals surface area contributed by atoms with Gasteiger partial charge in [-0.3, -0.25) is 4.79 Å². The molecule has 15 heavy (non-hydrogen) atoms. The fraction of sp³-hybridized carbons (Fsp3) is 0.875. The largest absolute Gasteiger partial charge is 0.468 e. The maximum absolute atomic E-state index is 11.4. The lowest BCUT2D eigenvalue weighted by Gasteiger charge is -2.19. The van der Waals surface area contributed by atoms with Crippen molar-refractivity contribution in [2.45, 2.75) is 19.9 Å². The number of carbonyl (C=O) groups excluding carboxylic acids is 1. The van der Waals surface area contributed by atoms with Crippen molar-refractivity contribution in [2.24, 2.45) is 5.92 Å². The first-order chi connectivity index (χ1) is 6.84. The number of methoxy groups -OCH3 is 1. The predicted octanol–water partition coefficient (Wildman–Crippen LogP) is 0.342. The standard InChI is InChI=1S/C8H16ClNO4S/c1-6(2)7(8(11)14-3)10-15(12,13)5-4-9/h6-7,10H,4-5H2,1-3H3/t7-/m0/s1. The van der Waals surface area contributed by atoms with Gasteiger partial charge < -0.3 is 4.74 Å². The highest BCUT2D eigenvalue weighted by Crippen LogP contribution is 2.05. The molecule has 7 heteroatoms. The Bertz CT molecular complexity index is 302. The second kappa shape index (κ2) is 6.30. The number of esters is 1. The molecule has 90 valence electrons. The van der Waals surface area contributed by atoms with E-state index in [9.17, 15) is 13.2 Å². The molecule has 0 aromatic carbocycles. The van der Waals surface area contributed by atoms with E-state index in [2.05, 4.69) is 9.46 Å². The molecule has 0 aromatic rings. The van der Waals surface area contributed by atoms with Gasteiger partial charge in [0.2, 0.25) is 10.0 Å². The minimum Gasteiger partial charge on any atom is -0.468 e. The number of hydrogen-bond acceptors (Lipinski definition) is 4. The van der Waals surface area contributed by atoms with Gasteiger partial charge in [-0.1, -0.05) is 13.8 Å². The average Bonchev–Trinajstić information content (AvgIpc) is 2.12. The van der Waals surface area contributed by atoms with Gasteiger partial charge in [0, 0.05) is 5.88 Å². The number of rotatable bonds is 6. The van der Waals surface area contributed by atoms with Crippen LogP contribution in [0.2, 0.25) is 0 Å². The van der Waals surface area contributed by atoms with Crippen LogP contribution in [0.25, 0.3) is 0 Å². The van der Waals surface area contributed by atoms with E-state index >= 15 is 0 Å². The van der Waals surface area contributed by atoms with E-state index in [1.165, 1.54) is 7.11 Å². The molecule has 0 saturated heterocycles. The molecule has 0 radical (unpaired) electrons. The van der Waals surface area contributed by atoms with Crippen molar-refractivity contribution >= 4 is 27.6 Å². The Labute approximate surface area is 95.2 Å². The molecule has 1 N–H and O–H groups in total. The lowest BCUT2D eigenvalue weighted by Crippen LogP contribution is -2.45. The zero-order chi connectivity index (χ0) is 12.1. The first kappa shape index (κ1) is 14.7. The molecule has 0 aliphatic rings. The number of ether oxygens (including phenoxy) is 1. The van der Waals surface area contributed by atoms with Gasteiger partial charge in [0.25, 0.3) is 0 Å². The third-order valence-corrected chi connectivity index (χ3v) is 3.54. The summed E-state index contributed by atoms with van der Waals surface area (Å²) >= 11 is 5.33. The summed E-state index contributed by atoms with van der Waals surface area (Å²) in [5.74, 6) is -0.999. The molecular formula is C8H16ClNO4S. The second-order valence-corrected chi connectivity index (χ2v) is 5.62. The first-order valence-corrected chi connectivity index (χ1v) is 6.66. The number of halogens is 1. The van der Waals surface area contributed by atoms with Crippen LogP contribution >= 0.6 is 11.6 Å². The smallest absolute Gasteiger partial charge is 0.324 e. The molecule has 0 unspecified atom stereocenters. The van der Waals surface area contributed by atoms with Crippen LogP contribution in [0.5, 0.6) is 0 Å². The summed E-state index contributed by atoms with van der Waals surface area (Å²) in [7, 11) is -2.30. The third-order valence-electron chi connectivity index (χ3n) is 1.77. The Morgan fingerprint density at radius 2 is 2.00 bits per heavy atom. The maximum Gasteiger partial charge on any atom is 0.324 e. The summed E-state index contributed by atoms with van der Waals surface area (Å²) in [6, 6.07) is -0.858. The molecule has 0 amide bonds. The minimum atomic E-state index is -3.51. The van der Waals surface area contributed by atoms with Crippen LogP contribution in [-0.4, -0.2) is 39.2 Å². The van der Waals surface area contributed by atoms with Gasteiger partial charge in [0.1, 0.15) is 6.04 Å². The monoisotopic (exact) mass is 257 g/mol. The van der Waals surface area contributed by atoms with Gasteiger partial charge in [-0.25, -0.2) is 13.1 Å². The van der Waals surface area contributed by atoms with Crippen molar-refractivity contribution < 1.29 is 17.9 Å². The Morgan fingerprint density at radius 3 is 2.33 bits per heavy atom. The molecule has 0 rings (SSSR count). The molecule has 0 heterocycles. The molecule has 0 aliphatic heterocycles. The van der Waals surface area contributed by atoms with E-state index in [1.807, 2.05) is 0 Å². The van der Waals surface area contributed by atoms with Gasteiger partial charge in [-0.15, -0.1) is 11.6 Å². The van der Waals surface area contributed by atoms with Gasteiger partial charge in [0.15, 0.2) is 0 Å². The summed E-state index contributed by atoms with van der Waals surface area (Å²) in [4.78, 5) is 11.3. The Kier molecular flexibility index (Phi) is 6.16. The molecule has 0 aromatic heterocycles. The highest BCUT2D eigenvalue weighted by atomic mass is 35.5. The van der Waals surface area contributed by atoms with Gasteiger partial charge in [-0.2, -0.15) is 0 Å². The Balaban J connectivity index is 4.62. The minimum absolute atomic E-state index is 0.0126. The summed E-state index contributed by atoms with van der Waals surface area (Å²) in [6.45, 7) is 3.45. The number of nitrogens with one attached hydrogen (secondary N) is 1. The van der Waals surface area contributed by atoms with Crippen molar-refractivity contribution in [3.05, 3.63) is 0 Å². The number of hydrogen-bond donors (Lipinski definition) is 1. The molecule has 0 bridgehead atoms. The second-order valence-electron chi connectivity index (χ2n) is 3.37.